The molecule has 0 spiro atoms. The van der Waals surface area contributed by atoms with Gasteiger partial charge >= 0.3 is 7.60 Å². The number of unbranched alkanes of at least 4 members (excludes halogenated alkanes) is 3. The van der Waals surface area contributed by atoms with Crippen LogP contribution in [0.15, 0.2) is 12.7 Å². The highest BCUT2D eigenvalue weighted by Gasteiger charge is 2.22. The third-order valence-corrected chi connectivity index (χ3v) is 4.53. The summed E-state index contributed by atoms with van der Waals surface area (Å²) in [5.74, 6) is 0. The second-order valence-corrected chi connectivity index (χ2v) is 6.13. The molecule has 0 aliphatic heterocycles. The molecule has 0 heterocycles. The maximum Gasteiger partial charge on any atom is 0.330 e. The lowest BCUT2D eigenvalue weighted by Crippen LogP contribution is -2.00. The molecule has 0 saturated carbocycles. The van der Waals surface area contributed by atoms with Crippen molar-refractivity contribution in [2.45, 2.75) is 39.5 Å². The Bertz CT molecular complexity index is 233. The van der Waals surface area contributed by atoms with Crippen LogP contribution >= 0.6 is 7.60 Å². The summed E-state index contributed by atoms with van der Waals surface area (Å²) in [6.07, 6.45) is 6.28. The van der Waals surface area contributed by atoms with E-state index in [4.69, 9.17) is 13.8 Å². The van der Waals surface area contributed by atoms with Crippen LogP contribution < -0.4 is 0 Å². The van der Waals surface area contributed by atoms with Crippen LogP contribution in [0.3, 0.4) is 0 Å². The average molecular weight is 278 g/mol. The molecule has 0 bridgehead atoms. The van der Waals surface area contributed by atoms with Gasteiger partial charge in [-0.25, -0.2) is 0 Å². The summed E-state index contributed by atoms with van der Waals surface area (Å²) in [7, 11) is -2.83. The molecule has 4 nitrogen and oxygen atoms in total. The molecular formula is C13H27O4P. The largest absolute Gasteiger partial charge is 0.377 e. The Balaban J connectivity index is 3.55. The van der Waals surface area contributed by atoms with Gasteiger partial charge in [0.15, 0.2) is 0 Å². The highest BCUT2D eigenvalue weighted by molar-refractivity contribution is 7.53. The van der Waals surface area contributed by atoms with E-state index in [0.29, 0.717) is 26.0 Å². The fourth-order valence-corrected chi connectivity index (χ4v) is 3.32. The Morgan fingerprint density at radius 1 is 1.06 bits per heavy atom. The SMILES string of the molecule is C=CCOCCCCCCP(=O)(OCC)OCC. The Labute approximate surface area is 111 Å². The van der Waals surface area contributed by atoms with Crippen molar-refractivity contribution in [2.75, 3.05) is 32.6 Å². The molecule has 0 fully saturated rings. The van der Waals surface area contributed by atoms with E-state index in [9.17, 15) is 4.57 Å². The zero-order valence-corrected chi connectivity index (χ0v) is 12.6. The number of ether oxygens (including phenoxy) is 1. The van der Waals surface area contributed by atoms with Gasteiger partial charge in [-0.15, -0.1) is 6.58 Å². The van der Waals surface area contributed by atoms with E-state index in [0.717, 1.165) is 32.3 Å². The van der Waals surface area contributed by atoms with E-state index in [1.807, 2.05) is 13.8 Å². The normalized spacial score (nSPS) is 11.7. The van der Waals surface area contributed by atoms with Crippen LogP contribution in [-0.4, -0.2) is 32.6 Å². The first-order chi connectivity index (χ1) is 8.68. The minimum absolute atomic E-state index is 0.437. The molecular weight excluding hydrogens is 251 g/mol. The predicted molar refractivity (Wildman–Crippen MR) is 75.2 cm³/mol. The Kier molecular flexibility index (Phi) is 11.8. The van der Waals surface area contributed by atoms with Gasteiger partial charge in [0.25, 0.3) is 0 Å². The molecule has 0 saturated heterocycles. The topological polar surface area (TPSA) is 44.8 Å². The fraction of sp³-hybridized carbons (Fsp3) is 0.846. The van der Waals surface area contributed by atoms with E-state index in [1.165, 1.54) is 0 Å². The third kappa shape index (κ3) is 9.84. The van der Waals surface area contributed by atoms with E-state index >= 15 is 0 Å². The van der Waals surface area contributed by atoms with Gasteiger partial charge in [0, 0.05) is 6.61 Å². The maximum atomic E-state index is 12.1. The van der Waals surface area contributed by atoms with Crippen LogP contribution in [0, 0.1) is 0 Å². The molecule has 0 aromatic rings. The number of rotatable bonds is 13. The van der Waals surface area contributed by atoms with Gasteiger partial charge < -0.3 is 13.8 Å². The van der Waals surface area contributed by atoms with E-state index in [1.54, 1.807) is 6.08 Å². The smallest absolute Gasteiger partial charge is 0.330 e. The van der Waals surface area contributed by atoms with Crippen molar-refractivity contribution in [1.82, 2.24) is 0 Å². The molecule has 108 valence electrons. The maximum absolute atomic E-state index is 12.1. The van der Waals surface area contributed by atoms with Crippen LogP contribution in [0.1, 0.15) is 39.5 Å². The van der Waals surface area contributed by atoms with Crippen molar-refractivity contribution in [1.29, 1.82) is 0 Å². The van der Waals surface area contributed by atoms with Crippen molar-refractivity contribution in [3.05, 3.63) is 12.7 Å². The summed E-state index contributed by atoms with van der Waals surface area (Å²) in [6.45, 7) is 9.51. The lowest BCUT2D eigenvalue weighted by molar-refractivity contribution is 0.157. The highest BCUT2D eigenvalue weighted by Crippen LogP contribution is 2.48. The molecule has 0 amide bonds. The zero-order valence-electron chi connectivity index (χ0n) is 11.7. The molecule has 18 heavy (non-hydrogen) atoms. The van der Waals surface area contributed by atoms with Gasteiger partial charge in [0.05, 0.1) is 26.0 Å². The summed E-state index contributed by atoms with van der Waals surface area (Å²) in [4.78, 5) is 0. The lowest BCUT2D eigenvalue weighted by Gasteiger charge is -2.16. The summed E-state index contributed by atoms with van der Waals surface area (Å²) in [5, 5.41) is 0. The minimum Gasteiger partial charge on any atom is -0.377 e. The van der Waals surface area contributed by atoms with Crippen LogP contribution in [0.2, 0.25) is 0 Å². The fourth-order valence-electron chi connectivity index (χ4n) is 1.59. The van der Waals surface area contributed by atoms with Crippen molar-refractivity contribution in [2.24, 2.45) is 0 Å². The lowest BCUT2D eigenvalue weighted by atomic mass is 10.2. The second-order valence-electron chi connectivity index (χ2n) is 3.95. The quantitative estimate of drug-likeness (QED) is 0.290. The van der Waals surface area contributed by atoms with Crippen molar-refractivity contribution < 1.29 is 18.3 Å². The highest BCUT2D eigenvalue weighted by atomic mass is 31.2. The van der Waals surface area contributed by atoms with Gasteiger partial charge in [-0.3, -0.25) is 4.57 Å². The molecule has 0 aromatic carbocycles. The van der Waals surface area contributed by atoms with Gasteiger partial charge in [-0.05, 0) is 26.7 Å². The van der Waals surface area contributed by atoms with Crippen molar-refractivity contribution >= 4 is 7.60 Å². The Morgan fingerprint density at radius 2 is 1.67 bits per heavy atom. The molecule has 0 aliphatic rings. The first kappa shape index (κ1) is 17.8. The van der Waals surface area contributed by atoms with Gasteiger partial charge in [0.2, 0.25) is 0 Å². The molecule has 0 aliphatic carbocycles. The van der Waals surface area contributed by atoms with Crippen molar-refractivity contribution in [3.8, 4) is 0 Å². The van der Waals surface area contributed by atoms with Gasteiger partial charge in [-0.1, -0.05) is 18.9 Å². The van der Waals surface area contributed by atoms with E-state index in [2.05, 4.69) is 6.58 Å². The monoisotopic (exact) mass is 278 g/mol. The average Bonchev–Trinajstić information content (AvgIpc) is 2.33. The molecule has 0 radical (unpaired) electrons. The first-order valence-corrected chi connectivity index (χ1v) is 8.48. The third-order valence-electron chi connectivity index (χ3n) is 2.36. The van der Waals surface area contributed by atoms with Crippen LogP contribution in [0.25, 0.3) is 0 Å². The Hall–Kier alpha value is -0.150. The van der Waals surface area contributed by atoms with Gasteiger partial charge in [-0.2, -0.15) is 0 Å². The molecule has 0 aromatic heterocycles. The summed E-state index contributed by atoms with van der Waals surface area (Å²) in [6, 6.07) is 0. The minimum atomic E-state index is -2.83. The molecule has 0 N–H and O–H groups in total. The summed E-state index contributed by atoms with van der Waals surface area (Å²) >= 11 is 0. The number of hydrogen-bond donors (Lipinski definition) is 0. The predicted octanol–water partition coefficient (Wildman–Crippen LogP) is 4.02. The molecule has 0 atom stereocenters. The van der Waals surface area contributed by atoms with E-state index < -0.39 is 7.60 Å². The van der Waals surface area contributed by atoms with Crippen LogP contribution in [0.4, 0.5) is 0 Å². The second kappa shape index (κ2) is 11.9. The van der Waals surface area contributed by atoms with E-state index in [-0.39, 0.29) is 0 Å². The molecule has 5 heteroatoms. The first-order valence-electron chi connectivity index (χ1n) is 6.75. The van der Waals surface area contributed by atoms with Crippen LogP contribution in [0.5, 0.6) is 0 Å². The van der Waals surface area contributed by atoms with Gasteiger partial charge in [0.1, 0.15) is 0 Å². The summed E-state index contributed by atoms with van der Waals surface area (Å²) in [5.41, 5.74) is 0. The number of hydrogen-bond acceptors (Lipinski definition) is 4. The summed E-state index contributed by atoms with van der Waals surface area (Å²) < 4.78 is 27.8. The standard InChI is InChI=1S/C13H27O4P/c1-4-11-15-12-9-7-8-10-13-18(14,16-5-2)17-6-3/h4H,1,5-13H2,2-3H3. The molecule has 0 rings (SSSR count). The zero-order chi connectivity index (χ0) is 13.7. The van der Waals surface area contributed by atoms with Crippen molar-refractivity contribution in [3.63, 3.8) is 0 Å². The molecule has 0 unspecified atom stereocenters. The Morgan fingerprint density at radius 3 is 2.22 bits per heavy atom. The van der Waals surface area contributed by atoms with Crippen LogP contribution in [-0.2, 0) is 18.3 Å².